The maximum atomic E-state index is 6.37. The van der Waals surface area contributed by atoms with E-state index in [0.29, 0.717) is 6.61 Å². The van der Waals surface area contributed by atoms with E-state index in [1.54, 1.807) is 6.20 Å². The highest BCUT2D eigenvalue weighted by Crippen LogP contribution is 2.42. The van der Waals surface area contributed by atoms with Gasteiger partial charge in [0.25, 0.3) is 0 Å². The Balaban J connectivity index is 1.50. The van der Waals surface area contributed by atoms with Crippen molar-refractivity contribution >= 4 is 23.9 Å². The van der Waals surface area contributed by atoms with Gasteiger partial charge in [-0.25, -0.2) is 4.99 Å². The van der Waals surface area contributed by atoms with Crippen molar-refractivity contribution < 1.29 is 14.1 Å². The largest absolute Gasteiger partial charge is 0.490 e. The van der Waals surface area contributed by atoms with Gasteiger partial charge in [0.1, 0.15) is 29.5 Å². The highest BCUT2D eigenvalue weighted by atomic mass is 16.5. The quantitative estimate of drug-likeness (QED) is 0.285. The first kappa shape index (κ1) is 24.5. The number of ether oxygens (including phenoxy) is 2. The molecule has 37 heavy (non-hydrogen) atoms. The van der Waals surface area contributed by atoms with Crippen LogP contribution in [0.15, 0.2) is 113 Å². The first-order chi connectivity index (χ1) is 18.2. The number of hydrogen-bond acceptors (Lipinski definition) is 6. The van der Waals surface area contributed by atoms with Crippen molar-refractivity contribution in [2.24, 2.45) is 9.98 Å². The molecule has 0 radical (unpaired) electrons. The Kier molecular flexibility index (Phi) is 7.44. The summed E-state index contributed by atoms with van der Waals surface area (Å²) in [5, 5.41) is 2.20. The van der Waals surface area contributed by atoms with Crippen LogP contribution in [-0.2, 0) is 0 Å². The second-order valence-electron chi connectivity index (χ2n) is 8.70. The lowest BCUT2D eigenvalue weighted by Gasteiger charge is -2.39. The van der Waals surface area contributed by atoms with Crippen molar-refractivity contribution in [1.82, 2.24) is 4.90 Å². The monoisotopic (exact) mass is 494 g/mol. The molecule has 0 aromatic heterocycles. The van der Waals surface area contributed by atoms with Crippen molar-refractivity contribution in [1.29, 1.82) is 0 Å². The third-order valence-corrected chi connectivity index (χ3v) is 6.49. The zero-order chi connectivity index (χ0) is 25.5. The van der Waals surface area contributed by atoms with Crippen LogP contribution in [0.5, 0.6) is 17.2 Å². The van der Waals surface area contributed by atoms with E-state index in [9.17, 15) is 0 Å². The molecule has 2 aliphatic rings. The standard InChI is InChI=1S/C30H32N5O2/c1-3-33(4-2)19-21-36-30-13-9-8-12-29(30)34(35-20-18-31-22-26(35)23-32-24-35)25-14-16-28(17-15-25)37-27-10-6-5-7-11-27/h5-18,20,22-24H,3-4,19,21H2,1-2H3/q+1. The minimum atomic E-state index is 0.249. The first-order valence-corrected chi connectivity index (χ1v) is 12.7. The van der Waals surface area contributed by atoms with E-state index < -0.39 is 0 Å². The fourth-order valence-electron chi connectivity index (χ4n) is 4.48. The second kappa shape index (κ2) is 11.2. The molecule has 2 heterocycles. The lowest BCUT2D eigenvalue weighted by atomic mass is 10.2. The van der Waals surface area contributed by atoms with Crippen LogP contribution in [0.2, 0.25) is 0 Å². The summed E-state index contributed by atoms with van der Waals surface area (Å²) in [5.74, 6) is 2.37. The van der Waals surface area contributed by atoms with E-state index in [1.807, 2.05) is 85.6 Å². The fourth-order valence-corrected chi connectivity index (χ4v) is 4.48. The summed E-state index contributed by atoms with van der Waals surface area (Å²) < 4.78 is 12.7. The molecule has 0 bridgehead atoms. The van der Waals surface area contributed by atoms with Crippen LogP contribution < -0.4 is 14.5 Å². The Morgan fingerprint density at radius 3 is 2.32 bits per heavy atom. The molecule has 2 aliphatic heterocycles. The average Bonchev–Trinajstić information content (AvgIpc) is 3.38. The lowest BCUT2D eigenvalue weighted by molar-refractivity contribution is -0.734. The van der Waals surface area contributed by atoms with Gasteiger partial charge in [-0.1, -0.05) is 44.2 Å². The maximum Gasteiger partial charge on any atom is 0.225 e. The number of nitrogens with zero attached hydrogens (tertiary/aromatic N) is 5. The van der Waals surface area contributed by atoms with Gasteiger partial charge in [-0.05, 0) is 61.6 Å². The molecule has 0 saturated carbocycles. The van der Waals surface area contributed by atoms with Gasteiger partial charge in [-0.2, -0.15) is 5.01 Å². The van der Waals surface area contributed by atoms with E-state index in [2.05, 4.69) is 51.9 Å². The van der Waals surface area contributed by atoms with Gasteiger partial charge in [0.15, 0.2) is 6.20 Å². The van der Waals surface area contributed by atoms with Crippen LogP contribution in [0.1, 0.15) is 13.8 Å². The zero-order valence-electron chi connectivity index (χ0n) is 21.3. The summed E-state index contributed by atoms with van der Waals surface area (Å²) in [6.07, 6.45) is 9.41. The Bertz CT molecular complexity index is 1310. The number of allylic oxidation sites excluding steroid dienone is 1. The predicted molar refractivity (Wildman–Crippen MR) is 149 cm³/mol. The zero-order valence-corrected chi connectivity index (χ0v) is 21.3. The van der Waals surface area contributed by atoms with Gasteiger partial charge < -0.3 is 14.4 Å². The molecule has 0 fully saturated rings. The van der Waals surface area contributed by atoms with Gasteiger partial charge in [-0.3, -0.25) is 4.99 Å². The number of quaternary nitrogens is 1. The Hall–Kier alpha value is -4.20. The number of likely N-dealkylation sites (N-methyl/N-ethyl adjacent to an activating group) is 1. The normalized spacial score (nSPS) is 17.5. The van der Waals surface area contributed by atoms with Crippen LogP contribution in [0.4, 0.5) is 11.4 Å². The predicted octanol–water partition coefficient (Wildman–Crippen LogP) is 6.51. The number of anilines is 2. The molecule has 0 saturated heterocycles. The molecule has 188 valence electrons. The summed E-state index contributed by atoms with van der Waals surface area (Å²) >= 11 is 0. The smallest absolute Gasteiger partial charge is 0.225 e. The van der Waals surface area contributed by atoms with Crippen molar-refractivity contribution in [3.05, 3.63) is 103 Å². The molecule has 0 amide bonds. The van der Waals surface area contributed by atoms with Gasteiger partial charge in [0, 0.05) is 6.54 Å². The minimum Gasteiger partial charge on any atom is -0.490 e. The van der Waals surface area contributed by atoms with E-state index in [1.165, 1.54) is 0 Å². The SMILES string of the molecule is CCN(CC)CCOc1ccccc1N(c1ccc(Oc2ccccc2)cc1)[N+]12C=CN=CC1=CN=C2. The van der Waals surface area contributed by atoms with Crippen LogP contribution in [-0.4, -0.2) is 48.3 Å². The molecule has 3 aromatic rings. The van der Waals surface area contributed by atoms with Crippen LogP contribution in [0.25, 0.3) is 0 Å². The summed E-state index contributed by atoms with van der Waals surface area (Å²) in [6.45, 7) is 7.81. The fraction of sp³-hybridized carbons (Fsp3) is 0.200. The van der Waals surface area contributed by atoms with Gasteiger partial charge in [-0.15, -0.1) is 4.59 Å². The summed E-state index contributed by atoms with van der Waals surface area (Å²) in [6, 6.07) is 26.0. The molecule has 0 spiro atoms. The first-order valence-electron chi connectivity index (χ1n) is 12.7. The Morgan fingerprint density at radius 2 is 1.54 bits per heavy atom. The molecule has 7 heteroatoms. The number of fused-ring (bicyclic) bond motifs is 1. The summed E-state index contributed by atoms with van der Waals surface area (Å²) in [5.41, 5.74) is 2.82. The molecule has 3 aromatic carbocycles. The number of benzene rings is 3. The Morgan fingerprint density at radius 1 is 0.811 bits per heavy atom. The molecule has 1 unspecified atom stereocenters. The maximum absolute atomic E-state index is 6.37. The molecule has 1 atom stereocenters. The van der Waals surface area contributed by atoms with E-state index >= 15 is 0 Å². The minimum absolute atomic E-state index is 0.249. The number of rotatable bonds is 11. The molecule has 5 rings (SSSR count). The number of aliphatic imine (C=N–C) groups is 2. The third kappa shape index (κ3) is 5.18. The molecular weight excluding hydrogens is 462 g/mol. The van der Waals surface area contributed by atoms with Gasteiger partial charge >= 0.3 is 0 Å². The number of para-hydroxylation sites is 3. The van der Waals surface area contributed by atoms with Gasteiger partial charge in [0.05, 0.1) is 24.3 Å². The highest BCUT2D eigenvalue weighted by molar-refractivity contribution is 5.84. The van der Waals surface area contributed by atoms with E-state index in [4.69, 9.17) is 9.47 Å². The van der Waals surface area contributed by atoms with E-state index in [-0.39, 0.29) is 4.59 Å². The van der Waals surface area contributed by atoms with Crippen LogP contribution >= 0.6 is 0 Å². The van der Waals surface area contributed by atoms with Crippen molar-refractivity contribution in [3.8, 4) is 17.2 Å². The van der Waals surface area contributed by atoms with Gasteiger partial charge in [0.2, 0.25) is 12.0 Å². The highest BCUT2D eigenvalue weighted by Gasteiger charge is 2.43. The third-order valence-electron chi connectivity index (χ3n) is 6.49. The van der Waals surface area contributed by atoms with Crippen LogP contribution in [0.3, 0.4) is 0 Å². The average molecular weight is 495 g/mol. The molecule has 0 N–H and O–H groups in total. The lowest BCUT2D eigenvalue weighted by Crippen LogP contribution is -2.52. The molecule has 7 nitrogen and oxygen atoms in total. The number of hydrogen-bond donors (Lipinski definition) is 0. The molecule has 0 aliphatic carbocycles. The van der Waals surface area contributed by atoms with Crippen molar-refractivity contribution in [2.45, 2.75) is 13.8 Å². The van der Waals surface area contributed by atoms with Crippen LogP contribution in [0, 0.1) is 0 Å². The second-order valence-corrected chi connectivity index (χ2v) is 8.70. The molecular formula is C30H32N5O2+. The topological polar surface area (TPSA) is 49.7 Å². The summed E-state index contributed by atoms with van der Waals surface area (Å²) in [7, 11) is 0. The van der Waals surface area contributed by atoms with E-state index in [0.717, 1.165) is 54.0 Å². The summed E-state index contributed by atoms with van der Waals surface area (Å²) in [4.78, 5) is 11.2. The van der Waals surface area contributed by atoms with Crippen molar-refractivity contribution in [3.63, 3.8) is 0 Å². The van der Waals surface area contributed by atoms with Crippen molar-refractivity contribution in [2.75, 3.05) is 31.3 Å². The Labute approximate surface area is 218 Å².